The van der Waals surface area contributed by atoms with Crippen molar-refractivity contribution in [3.05, 3.63) is 35.1 Å². The lowest BCUT2D eigenvalue weighted by molar-refractivity contribution is -0.143. The number of hydrogen-bond acceptors (Lipinski definition) is 4. The Balaban J connectivity index is 2.99. The van der Waals surface area contributed by atoms with Crippen LogP contribution < -0.4 is 0 Å². The predicted octanol–water partition coefficient (Wildman–Crippen LogP) is 1.94. The van der Waals surface area contributed by atoms with Gasteiger partial charge < -0.3 is 9.94 Å². The fourth-order valence-electron chi connectivity index (χ4n) is 1.27. The number of esters is 1. The first kappa shape index (κ1) is 13.7. The second-order valence-electron chi connectivity index (χ2n) is 3.50. The molecule has 0 spiro atoms. The van der Waals surface area contributed by atoms with Gasteiger partial charge in [-0.15, -0.1) is 0 Å². The number of ether oxygens (including phenoxy) is 1. The maximum Gasteiger partial charge on any atom is 0.303 e. The maximum atomic E-state index is 13.1. The van der Waals surface area contributed by atoms with Crippen molar-refractivity contribution in [1.29, 1.82) is 0 Å². The molecule has 94 valence electrons. The molecule has 4 nitrogen and oxygen atoms in total. The largest absolute Gasteiger partial charge is 0.450 e. The first-order chi connectivity index (χ1) is 8.52. The molecule has 0 saturated heterocycles. The summed E-state index contributed by atoms with van der Waals surface area (Å²) >= 11 is 0. The Morgan fingerprint density at radius 3 is 2.94 bits per heavy atom. The Labute approximate surface area is 104 Å². The molecular formula is C13H12FNO3. The molecule has 0 fully saturated rings. The number of oxime groups is 1. The van der Waals surface area contributed by atoms with Gasteiger partial charge in [-0.3, -0.25) is 4.79 Å². The highest BCUT2D eigenvalue weighted by atomic mass is 19.1. The van der Waals surface area contributed by atoms with Crippen LogP contribution in [0.15, 0.2) is 23.4 Å². The van der Waals surface area contributed by atoms with E-state index in [4.69, 9.17) is 9.94 Å². The summed E-state index contributed by atoms with van der Waals surface area (Å²) in [5.74, 6) is 4.44. The zero-order valence-corrected chi connectivity index (χ0v) is 9.98. The molecule has 0 aliphatic carbocycles. The molecule has 0 bridgehead atoms. The standard InChI is InChI=1S/C13H12FNO3/c1-9(18-10(2)16)3-4-11-7-13(14)6-5-12(11)8-15-17/h5-9,17H,1-2H3. The van der Waals surface area contributed by atoms with E-state index in [1.165, 1.54) is 25.1 Å². The summed E-state index contributed by atoms with van der Waals surface area (Å²) in [6.45, 7) is 2.89. The van der Waals surface area contributed by atoms with E-state index in [0.717, 1.165) is 6.21 Å². The van der Waals surface area contributed by atoms with Gasteiger partial charge in [0, 0.05) is 18.1 Å². The van der Waals surface area contributed by atoms with Crippen LogP contribution in [0.2, 0.25) is 0 Å². The summed E-state index contributed by atoms with van der Waals surface area (Å²) < 4.78 is 17.9. The monoisotopic (exact) mass is 249 g/mol. The number of nitrogens with zero attached hydrogens (tertiary/aromatic N) is 1. The third kappa shape index (κ3) is 4.26. The Morgan fingerprint density at radius 2 is 2.33 bits per heavy atom. The smallest absolute Gasteiger partial charge is 0.303 e. The second kappa shape index (κ2) is 6.40. The number of halogens is 1. The molecule has 0 radical (unpaired) electrons. The first-order valence-corrected chi connectivity index (χ1v) is 5.18. The van der Waals surface area contributed by atoms with Crippen molar-refractivity contribution in [2.45, 2.75) is 20.0 Å². The van der Waals surface area contributed by atoms with Gasteiger partial charge in [-0.25, -0.2) is 4.39 Å². The number of carbonyl (C=O) groups is 1. The third-order valence-corrected chi connectivity index (χ3v) is 1.97. The van der Waals surface area contributed by atoms with Crippen LogP contribution in [-0.4, -0.2) is 23.5 Å². The molecule has 0 saturated carbocycles. The van der Waals surface area contributed by atoms with E-state index in [-0.39, 0.29) is 0 Å². The summed E-state index contributed by atoms with van der Waals surface area (Å²) in [6.07, 6.45) is 0.560. The van der Waals surface area contributed by atoms with Gasteiger partial charge in [0.25, 0.3) is 0 Å². The Hall–Kier alpha value is -2.35. The van der Waals surface area contributed by atoms with Crippen LogP contribution >= 0.6 is 0 Å². The first-order valence-electron chi connectivity index (χ1n) is 5.18. The van der Waals surface area contributed by atoms with Crippen LogP contribution in [0, 0.1) is 17.7 Å². The molecule has 1 aromatic rings. The minimum atomic E-state index is -0.593. The van der Waals surface area contributed by atoms with Crippen LogP contribution in [0.5, 0.6) is 0 Å². The highest BCUT2D eigenvalue weighted by Crippen LogP contribution is 2.08. The van der Waals surface area contributed by atoms with E-state index in [2.05, 4.69) is 17.0 Å². The lowest BCUT2D eigenvalue weighted by atomic mass is 10.1. The van der Waals surface area contributed by atoms with Crippen LogP contribution in [0.3, 0.4) is 0 Å². The topological polar surface area (TPSA) is 58.9 Å². The maximum absolute atomic E-state index is 13.1. The Bertz CT molecular complexity index is 529. The van der Waals surface area contributed by atoms with E-state index in [1.807, 2.05) is 0 Å². The minimum absolute atomic E-state index is 0.354. The molecular weight excluding hydrogens is 237 g/mol. The molecule has 0 heterocycles. The zero-order valence-electron chi connectivity index (χ0n) is 9.98. The number of carbonyl (C=O) groups excluding carboxylic acids is 1. The SMILES string of the molecule is CC(=O)OC(C)C#Cc1cc(F)ccc1C=NO. The minimum Gasteiger partial charge on any atom is -0.450 e. The van der Waals surface area contributed by atoms with Crippen LogP contribution in [0.4, 0.5) is 4.39 Å². The summed E-state index contributed by atoms with van der Waals surface area (Å²) in [7, 11) is 0. The highest BCUT2D eigenvalue weighted by molar-refractivity contribution is 5.83. The molecule has 1 aromatic carbocycles. The third-order valence-electron chi connectivity index (χ3n) is 1.97. The second-order valence-corrected chi connectivity index (χ2v) is 3.50. The molecule has 1 atom stereocenters. The summed E-state index contributed by atoms with van der Waals surface area (Å²) in [5, 5.41) is 11.3. The summed E-state index contributed by atoms with van der Waals surface area (Å²) in [6, 6.07) is 3.89. The van der Waals surface area contributed by atoms with Gasteiger partial charge in [-0.05, 0) is 25.1 Å². The van der Waals surface area contributed by atoms with E-state index in [9.17, 15) is 9.18 Å². The van der Waals surface area contributed by atoms with Gasteiger partial charge in [0.15, 0.2) is 6.10 Å². The van der Waals surface area contributed by atoms with Crippen molar-refractivity contribution in [2.75, 3.05) is 0 Å². The molecule has 0 amide bonds. The van der Waals surface area contributed by atoms with Crippen molar-refractivity contribution in [1.82, 2.24) is 0 Å². The van der Waals surface area contributed by atoms with Gasteiger partial charge in [-0.1, -0.05) is 17.0 Å². The van der Waals surface area contributed by atoms with Gasteiger partial charge >= 0.3 is 5.97 Å². The number of hydrogen-bond donors (Lipinski definition) is 1. The molecule has 1 unspecified atom stereocenters. The van der Waals surface area contributed by atoms with Crippen molar-refractivity contribution in [3.8, 4) is 11.8 Å². The summed E-state index contributed by atoms with van der Waals surface area (Å²) in [4.78, 5) is 10.7. The van der Waals surface area contributed by atoms with E-state index in [0.29, 0.717) is 11.1 Å². The highest BCUT2D eigenvalue weighted by Gasteiger charge is 2.02. The summed E-state index contributed by atoms with van der Waals surface area (Å²) in [5.41, 5.74) is 0.827. The average Bonchev–Trinajstić information content (AvgIpc) is 2.29. The van der Waals surface area contributed by atoms with Crippen LogP contribution in [-0.2, 0) is 9.53 Å². The predicted molar refractivity (Wildman–Crippen MR) is 63.9 cm³/mol. The van der Waals surface area contributed by atoms with E-state index >= 15 is 0 Å². The van der Waals surface area contributed by atoms with Gasteiger partial charge in [-0.2, -0.15) is 0 Å². The normalized spacial score (nSPS) is 11.7. The average molecular weight is 249 g/mol. The molecule has 1 rings (SSSR count). The quantitative estimate of drug-likeness (QED) is 0.286. The van der Waals surface area contributed by atoms with Crippen molar-refractivity contribution >= 4 is 12.2 Å². The number of rotatable bonds is 2. The van der Waals surface area contributed by atoms with Crippen LogP contribution in [0.1, 0.15) is 25.0 Å². The molecule has 1 N–H and O–H groups in total. The lowest BCUT2D eigenvalue weighted by Gasteiger charge is -2.03. The molecule has 5 heteroatoms. The van der Waals surface area contributed by atoms with Crippen molar-refractivity contribution in [3.63, 3.8) is 0 Å². The fraction of sp³-hybridized carbons (Fsp3) is 0.231. The van der Waals surface area contributed by atoms with Crippen molar-refractivity contribution < 1.29 is 19.1 Å². The molecule has 18 heavy (non-hydrogen) atoms. The van der Waals surface area contributed by atoms with E-state index in [1.54, 1.807) is 6.92 Å². The Kier molecular flexibility index (Phi) is 4.88. The fourth-order valence-corrected chi connectivity index (χ4v) is 1.27. The van der Waals surface area contributed by atoms with E-state index < -0.39 is 17.9 Å². The van der Waals surface area contributed by atoms with Gasteiger partial charge in [0.1, 0.15) is 5.82 Å². The zero-order chi connectivity index (χ0) is 13.5. The molecule has 0 aliphatic rings. The Morgan fingerprint density at radius 1 is 1.61 bits per heavy atom. The van der Waals surface area contributed by atoms with Crippen molar-refractivity contribution in [2.24, 2.45) is 5.16 Å². The number of benzene rings is 1. The molecule has 0 aromatic heterocycles. The van der Waals surface area contributed by atoms with Gasteiger partial charge in [0.05, 0.1) is 6.21 Å². The molecule has 0 aliphatic heterocycles. The van der Waals surface area contributed by atoms with Gasteiger partial charge in [0.2, 0.25) is 0 Å². The van der Waals surface area contributed by atoms with Crippen LogP contribution in [0.25, 0.3) is 0 Å². The lowest BCUT2D eigenvalue weighted by Crippen LogP contribution is -2.09.